The van der Waals surface area contributed by atoms with E-state index in [2.05, 4.69) is 21.9 Å². The number of hydrogen-bond acceptors (Lipinski definition) is 4. The summed E-state index contributed by atoms with van der Waals surface area (Å²) < 4.78 is 4.63. The van der Waals surface area contributed by atoms with Crippen LogP contribution in [0.25, 0.3) is 0 Å². The van der Waals surface area contributed by atoms with Crippen molar-refractivity contribution in [3.63, 3.8) is 0 Å². The molecule has 0 atom stereocenters. The summed E-state index contributed by atoms with van der Waals surface area (Å²) >= 11 is 0. The molecule has 7 heteroatoms. The Kier molecular flexibility index (Phi) is 9.88. The molecule has 1 amide bonds. The fourth-order valence-electron chi connectivity index (χ4n) is 2.68. The number of guanidine groups is 1. The van der Waals surface area contributed by atoms with Gasteiger partial charge in [-0.05, 0) is 19.8 Å². The third-order valence-corrected chi connectivity index (χ3v) is 4.14. The summed E-state index contributed by atoms with van der Waals surface area (Å²) in [5, 5.41) is 3.33. The summed E-state index contributed by atoms with van der Waals surface area (Å²) in [5.41, 5.74) is 0. The molecule has 138 valence electrons. The van der Waals surface area contributed by atoms with Gasteiger partial charge < -0.3 is 19.9 Å². The summed E-state index contributed by atoms with van der Waals surface area (Å²) in [4.78, 5) is 31.2. The first-order valence-corrected chi connectivity index (χ1v) is 8.94. The van der Waals surface area contributed by atoms with Crippen molar-refractivity contribution in [1.29, 1.82) is 0 Å². The maximum absolute atomic E-state index is 11.4. The van der Waals surface area contributed by atoms with Gasteiger partial charge >= 0.3 is 5.97 Å². The Bertz CT molecular complexity index is 418. The zero-order chi connectivity index (χ0) is 17.8. The third-order valence-electron chi connectivity index (χ3n) is 4.14. The van der Waals surface area contributed by atoms with Gasteiger partial charge in [0.2, 0.25) is 5.91 Å². The Hall–Kier alpha value is -1.79. The molecule has 0 aromatic rings. The average Bonchev–Trinajstić information content (AvgIpc) is 2.59. The van der Waals surface area contributed by atoms with E-state index in [1.807, 2.05) is 4.90 Å². The molecule has 0 saturated carbocycles. The van der Waals surface area contributed by atoms with Crippen LogP contribution in [-0.4, -0.2) is 74.0 Å². The Balaban J connectivity index is 2.28. The molecule has 24 heavy (non-hydrogen) atoms. The topological polar surface area (TPSA) is 74.2 Å². The lowest BCUT2D eigenvalue weighted by molar-refractivity contribution is -0.140. The van der Waals surface area contributed by atoms with E-state index >= 15 is 0 Å². The first-order chi connectivity index (χ1) is 11.6. The highest BCUT2D eigenvalue weighted by atomic mass is 16.5. The van der Waals surface area contributed by atoms with Crippen molar-refractivity contribution in [2.75, 3.05) is 46.4 Å². The number of nitrogens with one attached hydrogen (secondary N) is 1. The van der Waals surface area contributed by atoms with E-state index in [9.17, 15) is 9.59 Å². The van der Waals surface area contributed by atoms with Gasteiger partial charge in [-0.25, -0.2) is 0 Å². The Morgan fingerprint density at radius 1 is 1.04 bits per heavy atom. The minimum absolute atomic E-state index is 0.132. The quantitative estimate of drug-likeness (QED) is 0.311. The van der Waals surface area contributed by atoms with Crippen molar-refractivity contribution >= 4 is 17.8 Å². The lowest BCUT2D eigenvalue weighted by atomic mass is 10.1. The summed E-state index contributed by atoms with van der Waals surface area (Å²) in [6.07, 6.45) is 4.49. The van der Waals surface area contributed by atoms with Gasteiger partial charge in [-0.15, -0.1) is 0 Å². The number of amides is 1. The molecule has 0 bridgehead atoms. The van der Waals surface area contributed by atoms with Crippen molar-refractivity contribution in [3.05, 3.63) is 0 Å². The van der Waals surface area contributed by atoms with Crippen molar-refractivity contribution < 1.29 is 14.3 Å². The number of carbonyl (C=O) groups excluding carboxylic acids is 2. The molecule has 1 aliphatic rings. The maximum atomic E-state index is 11.4. The fourth-order valence-corrected chi connectivity index (χ4v) is 2.68. The molecule has 1 heterocycles. The van der Waals surface area contributed by atoms with Crippen LogP contribution in [0.4, 0.5) is 0 Å². The second-order valence-electron chi connectivity index (χ2n) is 5.97. The molecule has 1 N–H and O–H groups in total. The second-order valence-corrected chi connectivity index (χ2v) is 5.97. The van der Waals surface area contributed by atoms with Gasteiger partial charge in [-0.2, -0.15) is 0 Å². The van der Waals surface area contributed by atoms with E-state index in [0.29, 0.717) is 6.42 Å². The smallest absolute Gasteiger partial charge is 0.305 e. The van der Waals surface area contributed by atoms with Crippen LogP contribution in [0.3, 0.4) is 0 Å². The number of hydrogen-bond donors (Lipinski definition) is 1. The van der Waals surface area contributed by atoms with Crippen LogP contribution in [0, 0.1) is 0 Å². The van der Waals surface area contributed by atoms with E-state index < -0.39 is 0 Å². The third kappa shape index (κ3) is 7.66. The van der Waals surface area contributed by atoms with E-state index in [-0.39, 0.29) is 11.9 Å². The first kappa shape index (κ1) is 20.3. The predicted molar refractivity (Wildman–Crippen MR) is 94.9 cm³/mol. The van der Waals surface area contributed by atoms with Crippen LogP contribution in [0.2, 0.25) is 0 Å². The van der Waals surface area contributed by atoms with Gasteiger partial charge in [0, 0.05) is 52.6 Å². The molecule has 1 fully saturated rings. The summed E-state index contributed by atoms with van der Waals surface area (Å²) in [6.45, 7) is 8.47. The molecule has 0 aliphatic carbocycles. The van der Waals surface area contributed by atoms with Gasteiger partial charge in [0.15, 0.2) is 5.96 Å². The Morgan fingerprint density at radius 2 is 1.67 bits per heavy atom. The number of piperazine rings is 1. The largest absolute Gasteiger partial charge is 0.469 e. The van der Waals surface area contributed by atoms with Gasteiger partial charge in [0.05, 0.1) is 7.11 Å². The van der Waals surface area contributed by atoms with Crippen LogP contribution < -0.4 is 5.32 Å². The summed E-state index contributed by atoms with van der Waals surface area (Å²) in [5.74, 6) is 0.950. The lowest BCUT2D eigenvalue weighted by Crippen LogP contribution is -2.53. The highest BCUT2D eigenvalue weighted by Crippen LogP contribution is 2.06. The molecule has 0 unspecified atom stereocenters. The number of aliphatic imine (C=N–C) groups is 1. The fraction of sp³-hybridized carbons (Fsp3) is 0.824. The van der Waals surface area contributed by atoms with Gasteiger partial charge in [0.1, 0.15) is 0 Å². The number of unbranched alkanes of at least 4 members (excludes halogenated alkanes) is 3. The minimum atomic E-state index is -0.132. The number of rotatable bonds is 8. The maximum Gasteiger partial charge on any atom is 0.305 e. The van der Waals surface area contributed by atoms with Crippen molar-refractivity contribution in [2.24, 2.45) is 4.99 Å². The number of methoxy groups -OCH3 is 1. The highest BCUT2D eigenvalue weighted by Gasteiger charge is 2.20. The average molecular weight is 340 g/mol. The number of esters is 1. The van der Waals surface area contributed by atoms with Crippen LogP contribution in [0.15, 0.2) is 4.99 Å². The predicted octanol–water partition coefficient (Wildman–Crippen LogP) is 1.24. The van der Waals surface area contributed by atoms with E-state index in [1.165, 1.54) is 7.11 Å². The molecule has 0 spiro atoms. The molecule has 0 aromatic carbocycles. The van der Waals surface area contributed by atoms with E-state index in [1.54, 1.807) is 6.92 Å². The zero-order valence-corrected chi connectivity index (χ0v) is 15.3. The molecular weight excluding hydrogens is 308 g/mol. The molecule has 0 radical (unpaired) electrons. The SMILES string of the molecule is CCNC(=NCCCCCCC(=O)OC)N1CCN(C(C)=O)CC1. The minimum Gasteiger partial charge on any atom is -0.469 e. The number of carbonyl (C=O) groups is 2. The standard InChI is InChI=1S/C17H32N4O3/c1-4-18-17(21-13-11-20(12-14-21)15(2)22)19-10-8-6-5-7-9-16(23)24-3/h4-14H2,1-3H3,(H,18,19). The van der Waals surface area contributed by atoms with Crippen LogP contribution in [0.5, 0.6) is 0 Å². The molecule has 7 nitrogen and oxygen atoms in total. The first-order valence-electron chi connectivity index (χ1n) is 8.94. The molecule has 1 saturated heterocycles. The molecule has 1 rings (SSSR count). The van der Waals surface area contributed by atoms with E-state index in [4.69, 9.17) is 4.99 Å². The zero-order valence-electron chi connectivity index (χ0n) is 15.3. The second kappa shape index (κ2) is 11.7. The monoisotopic (exact) mass is 340 g/mol. The van der Waals surface area contributed by atoms with Crippen molar-refractivity contribution in [1.82, 2.24) is 15.1 Å². The summed E-state index contributed by atoms with van der Waals surface area (Å²) in [6, 6.07) is 0. The van der Waals surface area contributed by atoms with Gasteiger partial charge in [-0.3, -0.25) is 14.6 Å². The number of nitrogens with zero attached hydrogens (tertiary/aromatic N) is 3. The summed E-state index contributed by atoms with van der Waals surface area (Å²) in [7, 11) is 1.43. The van der Waals surface area contributed by atoms with Gasteiger partial charge in [0.25, 0.3) is 0 Å². The highest BCUT2D eigenvalue weighted by molar-refractivity contribution is 5.80. The molecular formula is C17H32N4O3. The van der Waals surface area contributed by atoms with Crippen LogP contribution >= 0.6 is 0 Å². The van der Waals surface area contributed by atoms with Gasteiger partial charge in [-0.1, -0.05) is 12.8 Å². The lowest BCUT2D eigenvalue weighted by Gasteiger charge is -2.36. The van der Waals surface area contributed by atoms with Crippen LogP contribution in [0.1, 0.15) is 46.0 Å². The Morgan fingerprint density at radius 3 is 2.25 bits per heavy atom. The number of ether oxygens (including phenoxy) is 1. The molecule has 0 aromatic heterocycles. The molecule has 1 aliphatic heterocycles. The Labute approximate surface area is 145 Å². The van der Waals surface area contributed by atoms with Crippen LogP contribution in [-0.2, 0) is 14.3 Å². The van der Waals surface area contributed by atoms with Crippen molar-refractivity contribution in [3.8, 4) is 0 Å². The normalized spacial score (nSPS) is 15.4. The van der Waals surface area contributed by atoms with E-state index in [0.717, 1.165) is 70.9 Å². The van der Waals surface area contributed by atoms with Crippen molar-refractivity contribution in [2.45, 2.75) is 46.0 Å².